The number of hydrogen-bond acceptors (Lipinski definition) is 5. The van der Waals surface area contributed by atoms with Gasteiger partial charge in [-0.3, -0.25) is 0 Å². The van der Waals surface area contributed by atoms with Gasteiger partial charge in [0.1, 0.15) is 12.1 Å². The Morgan fingerprint density at radius 1 is 1.27 bits per heavy atom. The SMILES string of the molecule is CCC(C)NCc1cccc2c1C1(CCNCC1)CN2c1ncnc2c1C(C)CC2. The molecule has 1 aromatic carbocycles. The monoisotopic (exact) mass is 405 g/mol. The fourth-order valence-electron chi connectivity index (χ4n) is 5.81. The van der Waals surface area contributed by atoms with Gasteiger partial charge in [-0.2, -0.15) is 0 Å². The summed E-state index contributed by atoms with van der Waals surface area (Å²) in [6.07, 6.45) is 7.60. The predicted octanol–water partition coefficient (Wildman–Crippen LogP) is 4.19. The smallest absolute Gasteiger partial charge is 0.140 e. The zero-order chi connectivity index (χ0) is 20.7. The molecule has 2 aromatic rings. The van der Waals surface area contributed by atoms with E-state index in [1.165, 1.54) is 41.8 Å². The quantitative estimate of drug-likeness (QED) is 0.781. The maximum atomic E-state index is 4.86. The van der Waals surface area contributed by atoms with Gasteiger partial charge < -0.3 is 15.5 Å². The van der Waals surface area contributed by atoms with Crippen LogP contribution in [0.3, 0.4) is 0 Å². The van der Waals surface area contributed by atoms with Gasteiger partial charge in [0.2, 0.25) is 0 Å². The van der Waals surface area contributed by atoms with E-state index in [0.29, 0.717) is 12.0 Å². The molecule has 1 saturated heterocycles. The average Bonchev–Trinajstić information content (AvgIpc) is 3.31. The van der Waals surface area contributed by atoms with Gasteiger partial charge in [0.05, 0.1) is 0 Å². The minimum Gasteiger partial charge on any atom is -0.325 e. The molecule has 5 nitrogen and oxygen atoms in total. The lowest BCUT2D eigenvalue weighted by atomic mass is 9.73. The van der Waals surface area contributed by atoms with Gasteiger partial charge in [-0.15, -0.1) is 0 Å². The Bertz CT molecular complexity index is 918. The van der Waals surface area contributed by atoms with Crippen molar-refractivity contribution in [2.75, 3.05) is 24.5 Å². The molecular formula is C25H35N5. The van der Waals surface area contributed by atoms with Crippen LogP contribution in [-0.2, 0) is 18.4 Å². The van der Waals surface area contributed by atoms with Crippen molar-refractivity contribution in [1.29, 1.82) is 0 Å². The minimum absolute atomic E-state index is 0.216. The second kappa shape index (κ2) is 7.93. The molecule has 160 valence electrons. The normalized spacial score (nSPS) is 22.9. The van der Waals surface area contributed by atoms with Crippen LogP contribution in [0.4, 0.5) is 11.5 Å². The lowest BCUT2D eigenvalue weighted by Crippen LogP contribution is -2.43. The van der Waals surface area contributed by atoms with Crippen LogP contribution in [0, 0.1) is 0 Å². The van der Waals surface area contributed by atoms with Crippen molar-refractivity contribution >= 4 is 11.5 Å². The lowest BCUT2D eigenvalue weighted by Gasteiger charge is -2.36. The Labute approximate surface area is 180 Å². The summed E-state index contributed by atoms with van der Waals surface area (Å²) in [7, 11) is 0. The molecule has 2 unspecified atom stereocenters. The van der Waals surface area contributed by atoms with Gasteiger partial charge in [0.25, 0.3) is 0 Å². The maximum Gasteiger partial charge on any atom is 0.140 e. The summed E-state index contributed by atoms with van der Waals surface area (Å²) in [4.78, 5) is 12.0. The summed E-state index contributed by atoms with van der Waals surface area (Å²) >= 11 is 0. The predicted molar refractivity (Wildman–Crippen MR) is 123 cm³/mol. The third kappa shape index (κ3) is 3.23. The number of nitrogens with one attached hydrogen (secondary N) is 2. The molecule has 30 heavy (non-hydrogen) atoms. The first-order valence-corrected chi connectivity index (χ1v) is 11.8. The Morgan fingerprint density at radius 3 is 2.90 bits per heavy atom. The molecule has 2 aliphatic heterocycles. The van der Waals surface area contributed by atoms with Crippen LogP contribution in [0.25, 0.3) is 0 Å². The van der Waals surface area contributed by atoms with Crippen molar-refractivity contribution in [3.63, 3.8) is 0 Å². The molecule has 3 aliphatic rings. The molecule has 5 rings (SSSR count). The zero-order valence-electron chi connectivity index (χ0n) is 18.7. The minimum atomic E-state index is 0.216. The van der Waals surface area contributed by atoms with Crippen LogP contribution < -0.4 is 15.5 Å². The number of benzene rings is 1. The Morgan fingerprint density at radius 2 is 2.10 bits per heavy atom. The van der Waals surface area contributed by atoms with Crippen molar-refractivity contribution in [3.8, 4) is 0 Å². The molecule has 2 N–H and O–H groups in total. The van der Waals surface area contributed by atoms with Crippen molar-refractivity contribution < 1.29 is 0 Å². The molecule has 1 aliphatic carbocycles. The molecule has 3 heterocycles. The second-order valence-corrected chi connectivity index (χ2v) is 9.62. The molecule has 0 amide bonds. The van der Waals surface area contributed by atoms with Crippen LogP contribution in [-0.4, -0.2) is 35.6 Å². The maximum absolute atomic E-state index is 4.86. The third-order valence-electron chi connectivity index (χ3n) is 7.73. The molecule has 0 radical (unpaired) electrons. The Hall–Kier alpha value is -1.98. The molecule has 1 spiro atoms. The van der Waals surface area contributed by atoms with Crippen molar-refractivity contribution in [1.82, 2.24) is 20.6 Å². The van der Waals surface area contributed by atoms with Gasteiger partial charge in [0.15, 0.2) is 0 Å². The largest absolute Gasteiger partial charge is 0.325 e. The van der Waals surface area contributed by atoms with Crippen molar-refractivity contribution in [3.05, 3.63) is 46.9 Å². The van der Waals surface area contributed by atoms with Crippen LogP contribution in [0.15, 0.2) is 24.5 Å². The molecule has 2 atom stereocenters. The number of rotatable bonds is 5. The summed E-state index contributed by atoms with van der Waals surface area (Å²) < 4.78 is 0. The first kappa shape index (κ1) is 20.0. The standard InChI is InChI=1S/C25H35N5/c1-4-18(3)27-14-19-6-5-7-21-23(19)25(10-12-26-13-11-25)15-30(21)24-22-17(2)8-9-20(22)28-16-29-24/h5-7,16-18,26-27H,4,8-15H2,1-3H3. The van der Waals surface area contributed by atoms with E-state index in [2.05, 4.69) is 59.5 Å². The highest BCUT2D eigenvalue weighted by Crippen LogP contribution is 2.52. The number of fused-ring (bicyclic) bond motifs is 3. The van der Waals surface area contributed by atoms with Gasteiger partial charge in [-0.25, -0.2) is 9.97 Å². The van der Waals surface area contributed by atoms with Gasteiger partial charge in [0, 0.05) is 41.5 Å². The van der Waals surface area contributed by atoms with Gasteiger partial charge >= 0.3 is 0 Å². The van der Waals surface area contributed by atoms with Crippen LogP contribution >= 0.6 is 0 Å². The van der Waals surface area contributed by atoms with E-state index in [4.69, 9.17) is 4.98 Å². The van der Waals surface area contributed by atoms with Crippen LogP contribution in [0.2, 0.25) is 0 Å². The summed E-state index contributed by atoms with van der Waals surface area (Å²) in [5, 5.41) is 7.33. The molecular weight excluding hydrogens is 370 g/mol. The number of nitrogens with zero attached hydrogens (tertiary/aromatic N) is 3. The van der Waals surface area contributed by atoms with E-state index in [-0.39, 0.29) is 5.41 Å². The van der Waals surface area contributed by atoms with E-state index in [9.17, 15) is 0 Å². The highest BCUT2D eigenvalue weighted by molar-refractivity contribution is 5.75. The first-order chi connectivity index (χ1) is 14.6. The van der Waals surface area contributed by atoms with Crippen molar-refractivity contribution in [2.24, 2.45) is 0 Å². The highest BCUT2D eigenvalue weighted by atomic mass is 15.2. The van der Waals surface area contributed by atoms with Crippen molar-refractivity contribution in [2.45, 2.75) is 76.8 Å². The van der Waals surface area contributed by atoms with E-state index < -0.39 is 0 Å². The third-order valence-corrected chi connectivity index (χ3v) is 7.73. The Balaban J connectivity index is 1.60. The second-order valence-electron chi connectivity index (χ2n) is 9.62. The summed E-state index contributed by atoms with van der Waals surface area (Å²) in [6.45, 7) is 11.0. The van der Waals surface area contributed by atoms with Gasteiger partial charge in [-0.1, -0.05) is 26.0 Å². The number of hydrogen-bond donors (Lipinski definition) is 2. The van der Waals surface area contributed by atoms with Crippen LogP contribution in [0.5, 0.6) is 0 Å². The highest BCUT2D eigenvalue weighted by Gasteiger charge is 2.46. The van der Waals surface area contributed by atoms with E-state index in [1.807, 2.05) is 0 Å². The van der Waals surface area contributed by atoms with Gasteiger partial charge in [-0.05, 0) is 75.2 Å². The van der Waals surface area contributed by atoms with E-state index >= 15 is 0 Å². The van der Waals surface area contributed by atoms with Crippen LogP contribution in [0.1, 0.15) is 74.8 Å². The molecule has 0 saturated carbocycles. The molecule has 5 heteroatoms. The molecule has 1 fully saturated rings. The summed E-state index contributed by atoms with van der Waals surface area (Å²) in [5.41, 5.74) is 7.28. The Kier molecular flexibility index (Phi) is 5.28. The number of anilines is 2. The fourth-order valence-corrected chi connectivity index (χ4v) is 5.81. The molecule has 0 bridgehead atoms. The zero-order valence-corrected chi connectivity index (χ0v) is 18.7. The van der Waals surface area contributed by atoms with E-state index in [0.717, 1.165) is 44.8 Å². The lowest BCUT2D eigenvalue weighted by molar-refractivity contribution is 0.326. The number of aryl methyl sites for hydroxylation is 1. The molecule has 1 aromatic heterocycles. The average molecular weight is 406 g/mol. The first-order valence-electron chi connectivity index (χ1n) is 11.8. The summed E-state index contributed by atoms with van der Waals surface area (Å²) in [5.74, 6) is 1.70. The summed E-state index contributed by atoms with van der Waals surface area (Å²) in [6, 6.07) is 7.44. The number of aromatic nitrogens is 2. The fraction of sp³-hybridized carbons (Fsp3) is 0.600. The number of piperidine rings is 1. The van der Waals surface area contributed by atoms with E-state index in [1.54, 1.807) is 11.9 Å². The topological polar surface area (TPSA) is 53.1 Å².